The number of nitrogens with one attached hydrogen (secondary N) is 3. The summed E-state index contributed by atoms with van der Waals surface area (Å²) in [6.45, 7) is 3.62. The third kappa shape index (κ3) is 5.82. The molecule has 3 aromatic rings. The Balaban J connectivity index is 1.43. The zero-order valence-corrected chi connectivity index (χ0v) is 24.2. The van der Waals surface area contributed by atoms with Gasteiger partial charge in [0.1, 0.15) is 17.6 Å². The van der Waals surface area contributed by atoms with Crippen LogP contribution in [0.3, 0.4) is 0 Å². The van der Waals surface area contributed by atoms with E-state index in [0.29, 0.717) is 41.8 Å². The molecular weight excluding hydrogens is 576 g/mol. The first-order valence-electron chi connectivity index (χ1n) is 13.4. The van der Waals surface area contributed by atoms with Gasteiger partial charge in [0.15, 0.2) is 5.82 Å². The van der Waals surface area contributed by atoms with Gasteiger partial charge in [0, 0.05) is 17.4 Å². The van der Waals surface area contributed by atoms with Gasteiger partial charge in [-0.2, -0.15) is 0 Å². The van der Waals surface area contributed by atoms with Crippen LogP contribution in [0.2, 0.25) is 0 Å². The number of anilines is 3. The lowest BCUT2D eigenvalue weighted by Crippen LogP contribution is -2.28. The van der Waals surface area contributed by atoms with Crippen molar-refractivity contribution >= 4 is 44.9 Å². The number of carbonyl (C=O) groups is 1. The average molecular weight is 608 g/mol. The van der Waals surface area contributed by atoms with E-state index in [1.165, 1.54) is 0 Å². The second-order valence-corrected chi connectivity index (χ2v) is 11.0. The Kier molecular flexibility index (Phi) is 8.07. The number of H-pyrrole nitrogens is 1. The van der Waals surface area contributed by atoms with E-state index in [9.17, 15) is 9.59 Å². The van der Waals surface area contributed by atoms with Gasteiger partial charge in [-0.3, -0.25) is 24.6 Å². The van der Waals surface area contributed by atoms with Gasteiger partial charge >= 0.3 is 11.7 Å². The Labute approximate surface area is 240 Å². The van der Waals surface area contributed by atoms with Crippen molar-refractivity contribution in [2.45, 2.75) is 70.3 Å². The molecule has 0 bridgehead atoms. The predicted octanol–water partition coefficient (Wildman–Crippen LogP) is 5.50. The summed E-state index contributed by atoms with van der Waals surface area (Å²) in [5.41, 5.74) is 3.75. The van der Waals surface area contributed by atoms with Crippen LogP contribution in [0.4, 0.5) is 17.2 Å². The van der Waals surface area contributed by atoms with E-state index in [2.05, 4.69) is 53.8 Å². The number of aromatic amines is 1. The SMILES string of the molecule is CC#CC(=O)N(c1ccc(NC)c(C(=N)OC2CCC(c3noc(=O)[nH]3)CC2)n1)c1cc(C)c(Br)cc1C1CC1. The van der Waals surface area contributed by atoms with Gasteiger partial charge in [-0.05, 0) is 99.6 Å². The van der Waals surface area contributed by atoms with Gasteiger partial charge in [-0.25, -0.2) is 9.78 Å². The Morgan fingerprint density at radius 1 is 1.20 bits per heavy atom. The second kappa shape index (κ2) is 11.7. The molecule has 11 heteroatoms. The molecule has 0 spiro atoms. The van der Waals surface area contributed by atoms with Crippen molar-refractivity contribution in [3.8, 4) is 11.8 Å². The molecule has 0 radical (unpaired) electrons. The number of hydrogen-bond acceptors (Lipinski definition) is 8. The second-order valence-electron chi connectivity index (χ2n) is 10.2. The summed E-state index contributed by atoms with van der Waals surface area (Å²) in [4.78, 5) is 33.7. The first-order valence-corrected chi connectivity index (χ1v) is 14.2. The van der Waals surface area contributed by atoms with Gasteiger partial charge in [0.25, 0.3) is 0 Å². The van der Waals surface area contributed by atoms with Crippen molar-refractivity contribution in [1.29, 1.82) is 5.41 Å². The van der Waals surface area contributed by atoms with E-state index in [-0.39, 0.29) is 17.9 Å². The molecule has 2 aliphatic carbocycles. The molecule has 0 aliphatic heterocycles. The lowest BCUT2D eigenvalue weighted by Gasteiger charge is -2.28. The smallest absolute Gasteiger partial charge is 0.438 e. The summed E-state index contributed by atoms with van der Waals surface area (Å²) < 4.78 is 11.7. The zero-order valence-electron chi connectivity index (χ0n) is 22.6. The van der Waals surface area contributed by atoms with Gasteiger partial charge < -0.3 is 10.1 Å². The zero-order chi connectivity index (χ0) is 28.4. The number of nitrogens with zero attached hydrogens (tertiary/aromatic N) is 3. The molecule has 0 atom stereocenters. The summed E-state index contributed by atoms with van der Waals surface area (Å²) in [7, 11) is 1.76. The first kappa shape index (κ1) is 27.6. The van der Waals surface area contributed by atoms with Crippen LogP contribution in [0.5, 0.6) is 0 Å². The van der Waals surface area contributed by atoms with Crippen LogP contribution < -0.4 is 16.0 Å². The predicted molar refractivity (Wildman–Crippen MR) is 155 cm³/mol. The van der Waals surface area contributed by atoms with Gasteiger partial charge in [0.2, 0.25) is 5.90 Å². The monoisotopic (exact) mass is 606 g/mol. The van der Waals surface area contributed by atoms with Crippen LogP contribution in [0.1, 0.15) is 79.9 Å². The minimum Gasteiger partial charge on any atom is -0.473 e. The van der Waals surface area contributed by atoms with Crippen LogP contribution >= 0.6 is 15.9 Å². The summed E-state index contributed by atoms with van der Waals surface area (Å²) in [5, 5.41) is 15.7. The van der Waals surface area contributed by atoms with Crippen LogP contribution in [0, 0.1) is 24.2 Å². The molecule has 1 amide bonds. The number of aryl methyl sites for hydroxylation is 1. The number of amides is 1. The number of halogens is 1. The van der Waals surface area contributed by atoms with Crippen LogP contribution in [0.25, 0.3) is 0 Å². The maximum absolute atomic E-state index is 13.4. The third-order valence-corrected chi connectivity index (χ3v) is 8.25. The molecule has 2 saturated carbocycles. The van der Waals surface area contributed by atoms with Crippen molar-refractivity contribution in [2.75, 3.05) is 17.3 Å². The van der Waals surface area contributed by atoms with Gasteiger partial charge in [0.05, 0.1) is 11.4 Å². The Bertz CT molecular complexity index is 1560. The first-order chi connectivity index (χ1) is 19.3. The molecule has 0 unspecified atom stereocenters. The molecule has 5 rings (SSSR count). The highest BCUT2D eigenvalue weighted by molar-refractivity contribution is 9.10. The Hall–Kier alpha value is -3.91. The van der Waals surface area contributed by atoms with Crippen LogP contribution in [0.15, 0.2) is 38.1 Å². The number of rotatable bonds is 7. The summed E-state index contributed by atoms with van der Waals surface area (Å²) >= 11 is 3.64. The molecule has 2 fully saturated rings. The number of benzene rings is 1. The highest BCUT2D eigenvalue weighted by Gasteiger charge is 2.32. The van der Waals surface area contributed by atoms with Crippen LogP contribution in [-0.2, 0) is 9.53 Å². The minimum absolute atomic E-state index is 0.0760. The Morgan fingerprint density at radius 2 is 1.93 bits per heavy atom. The standard InChI is InChI=1S/C29H31BrN6O4/c1-4-5-25(37)36(23-14-16(2)21(30)15-20(23)17-6-7-17)24-13-12-22(32-3)26(33-24)27(31)39-19-10-8-18(9-11-19)28-34-29(38)40-35-28/h12-15,17-19,31-32H,6-11H2,1-3H3,(H,34,35,38). The van der Waals surface area contributed by atoms with Crippen molar-refractivity contribution in [2.24, 2.45) is 0 Å². The molecule has 0 saturated heterocycles. The van der Waals surface area contributed by atoms with E-state index in [1.54, 1.807) is 31.0 Å². The number of aromatic nitrogens is 3. The van der Waals surface area contributed by atoms with Gasteiger partial charge in [-0.1, -0.05) is 27.0 Å². The number of hydrogen-bond donors (Lipinski definition) is 3. The van der Waals surface area contributed by atoms with Crippen molar-refractivity contribution in [1.82, 2.24) is 15.1 Å². The van der Waals surface area contributed by atoms with Crippen molar-refractivity contribution in [3.05, 3.63) is 61.9 Å². The normalized spacial score (nSPS) is 18.4. The summed E-state index contributed by atoms with van der Waals surface area (Å²) in [6, 6.07) is 7.63. The molecule has 10 nitrogen and oxygen atoms in total. The van der Waals surface area contributed by atoms with E-state index in [4.69, 9.17) is 15.1 Å². The van der Waals surface area contributed by atoms with Crippen LogP contribution in [-0.4, -0.2) is 40.1 Å². The van der Waals surface area contributed by atoms with Crippen molar-refractivity contribution < 1.29 is 14.1 Å². The minimum atomic E-state index is -0.555. The number of ether oxygens (including phenoxy) is 1. The molecule has 208 valence electrons. The molecule has 2 aromatic heterocycles. The maximum Gasteiger partial charge on any atom is 0.438 e. The van der Waals surface area contributed by atoms with E-state index < -0.39 is 11.7 Å². The number of carbonyl (C=O) groups excluding carboxylic acids is 1. The fraction of sp³-hybridized carbons (Fsp3) is 0.414. The summed E-state index contributed by atoms with van der Waals surface area (Å²) in [6.07, 6.45) is 4.82. The lowest BCUT2D eigenvalue weighted by atomic mass is 9.87. The number of pyridine rings is 1. The third-order valence-electron chi connectivity index (χ3n) is 7.40. The Morgan fingerprint density at radius 3 is 2.55 bits per heavy atom. The lowest BCUT2D eigenvalue weighted by molar-refractivity contribution is -0.112. The molecule has 2 heterocycles. The molecule has 3 N–H and O–H groups in total. The maximum atomic E-state index is 13.4. The fourth-order valence-corrected chi connectivity index (χ4v) is 5.50. The highest BCUT2D eigenvalue weighted by atomic mass is 79.9. The van der Waals surface area contributed by atoms with E-state index >= 15 is 0 Å². The quantitative estimate of drug-likeness (QED) is 0.183. The summed E-state index contributed by atoms with van der Waals surface area (Å²) in [5.74, 6) is 5.77. The van der Waals surface area contributed by atoms with Crippen molar-refractivity contribution in [3.63, 3.8) is 0 Å². The highest BCUT2D eigenvalue weighted by Crippen LogP contribution is 2.47. The molecule has 2 aliphatic rings. The molecule has 40 heavy (non-hydrogen) atoms. The largest absolute Gasteiger partial charge is 0.473 e. The average Bonchev–Trinajstić information content (AvgIpc) is 3.70. The van der Waals surface area contributed by atoms with Gasteiger partial charge in [-0.15, -0.1) is 0 Å². The van der Waals surface area contributed by atoms with E-state index in [1.807, 2.05) is 13.0 Å². The van der Waals surface area contributed by atoms with E-state index in [0.717, 1.165) is 47.0 Å². The molecular formula is C29H31BrN6O4. The fourth-order valence-electron chi connectivity index (χ4n) is 5.14. The topological polar surface area (TPSA) is 137 Å². The molecule has 1 aromatic carbocycles.